The third-order valence-corrected chi connectivity index (χ3v) is 2.42. The van der Waals surface area contributed by atoms with Gasteiger partial charge in [0.05, 0.1) is 11.8 Å². The summed E-state index contributed by atoms with van der Waals surface area (Å²) >= 11 is 0. The van der Waals surface area contributed by atoms with Gasteiger partial charge in [-0.2, -0.15) is 10.4 Å². The fourth-order valence-corrected chi connectivity index (χ4v) is 1.43. The molecule has 0 saturated carbocycles. The number of hydrogen-bond acceptors (Lipinski definition) is 5. The Hall–Kier alpha value is -2.48. The molecule has 2 heterocycles. The molecule has 0 fully saturated rings. The highest BCUT2D eigenvalue weighted by molar-refractivity contribution is 5.50. The van der Waals surface area contributed by atoms with Gasteiger partial charge in [0.15, 0.2) is 5.82 Å². The molecule has 0 aromatic carbocycles. The lowest BCUT2D eigenvalue weighted by atomic mass is 10.1. The number of anilines is 1. The maximum absolute atomic E-state index is 8.90. The summed E-state index contributed by atoms with van der Waals surface area (Å²) in [6, 6.07) is 5.64. The van der Waals surface area contributed by atoms with Crippen molar-refractivity contribution < 1.29 is 0 Å². The lowest BCUT2D eigenvalue weighted by Crippen LogP contribution is -2.05. The zero-order valence-electron chi connectivity index (χ0n) is 9.38. The Labute approximate surface area is 99.2 Å². The van der Waals surface area contributed by atoms with Crippen LogP contribution < -0.4 is 5.32 Å². The van der Waals surface area contributed by atoms with Crippen molar-refractivity contribution in [2.24, 2.45) is 0 Å². The molecule has 1 N–H and O–H groups in total. The van der Waals surface area contributed by atoms with Crippen LogP contribution in [0.3, 0.4) is 0 Å². The molecule has 0 aliphatic heterocycles. The lowest BCUT2D eigenvalue weighted by Gasteiger charge is -2.07. The average Bonchev–Trinajstić information content (AvgIpc) is 2.38. The molecule has 17 heavy (non-hydrogen) atoms. The number of nitrogens with zero attached hydrogens (tertiary/aromatic N) is 4. The van der Waals surface area contributed by atoms with E-state index in [0.29, 0.717) is 17.9 Å². The minimum Gasteiger partial charge on any atom is -0.363 e. The number of aryl methyl sites for hydroxylation is 1. The van der Waals surface area contributed by atoms with Crippen LogP contribution in [0.1, 0.15) is 16.7 Å². The molecule has 0 atom stereocenters. The highest BCUT2D eigenvalue weighted by Crippen LogP contribution is 2.11. The largest absolute Gasteiger partial charge is 0.363 e. The van der Waals surface area contributed by atoms with Gasteiger partial charge in [-0.05, 0) is 30.2 Å². The van der Waals surface area contributed by atoms with Crippen LogP contribution in [-0.4, -0.2) is 15.2 Å². The van der Waals surface area contributed by atoms with Crippen molar-refractivity contribution in [2.45, 2.75) is 13.5 Å². The number of aromatic nitrogens is 3. The molecule has 0 aliphatic rings. The second kappa shape index (κ2) is 5.03. The number of rotatable bonds is 3. The Balaban J connectivity index is 2.13. The van der Waals surface area contributed by atoms with Gasteiger partial charge in [0.2, 0.25) is 0 Å². The lowest BCUT2D eigenvalue weighted by molar-refractivity contribution is 0.987. The van der Waals surface area contributed by atoms with Crippen LogP contribution in [0.2, 0.25) is 0 Å². The van der Waals surface area contributed by atoms with Gasteiger partial charge in [-0.15, -0.1) is 5.10 Å². The summed E-state index contributed by atoms with van der Waals surface area (Å²) in [6.45, 7) is 2.59. The van der Waals surface area contributed by atoms with Crippen molar-refractivity contribution >= 4 is 5.82 Å². The normalized spacial score (nSPS) is 9.65. The first kappa shape index (κ1) is 11.0. The fourth-order valence-electron chi connectivity index (χ4n) is 1.43. The first-order valence-corrected chi connectivity index (χ1v) is 5.16. The van der Waals surface area contributed by atoms with Crippen LogP contribution in [0.5, 0.6) is 0 Å². The molecule has 2 aromatic heterocycles. The second-order valence-electron chi connectivity index (χ2n) is 3.56. The van der Waals surface area contributed by atoms with E-state index in [4.69, 9.17) is 5.26 Å². The predicted molar refractivity (Wildman–Crippen MR) is 63.0 cm³/mol. The molecular weight excluding hydrogens is 214 g/mol. The molecule has 0 spiro atoms. The van der Waals surface area contributed by atoms with Crippen molar-refractivity contribution in [3.63, 3.8) is 0 Å². The summed E-state index contributed by atoms with van der Waals surface area (Å²) in [5.74, 6) is 0.506. The summed E-state index contributed by atoms with van der Waals surface area (Å²) in [5, 5.41) is 19.6. The van der Waals surface area contributed by atoms with Gasteiger partial charge < -0.3 is 5.32 Å². The monoisotopic (exact) mass is 225 g/mol. The van der Waals surface area contributed by atoms with Gasteiger partial charge in [0.1, 0.15) is 6.07 Å². The number of nitriles is 1. The Kier molecular flexibility index (Phi) is 3.26. The van der Waals surface area contributed by atoms with Gasteiger partial charge in [-0.3, -0.25) is 4.98 Å². The average molecular weight is 225 g/mol. The maximum atomic E-state index is 8.90. The summed E-state index contributed by atoms with van der Waals surface area (Å²) in [5.41, 5.74) is 2.71. The van der Waals surface area contributed by atoms with Gasteiger partial charge in [-0.1, -0.05) is 0 Å². The van der Waals surface area contributed by atoms with E-state index in [-0.39, 0.29) is 0 Å². The smallest absolute Gasteiger partial charge is 0.166 e. The zero-order chi connectivity index (χ0) is 12.1. The summed E-state index contributed by atoms with van der Waals surface area (Å²) in [6.07, 6.45) is 5.05. The van der Waals surface area contributed by atoms with E-state index >= 15 is 0 Å². The highest BCUT2D eigenvalue weighted by atomic mass is 15.2. The molecule has 5 heteroatoms. The van der Waals surface area contributed by atoms with Crippen LogP contribution in [0.25, 0.3) is 0 Å². The summed E-state index contributed by atoms with van der Waals surface area (Å²) < 4.78 is 0. The SMILES string of the molecule is Cc1cnccc1CNc1nnccc1C#N. The van der Waals surface area contributed by atoms with Crippen molar-refractivity contribution in [3.8, 4) is 6.07 Å². The number of pyridine rings is 1. The number of nitrogens with one attached hydrogen (secondary N) is 1. The van der Waals surface area contributed by atoms with Crippen LogP contribution in [0.15, 0.2) is 30.7 Å². The van der Waals surface area contributed by atoms with E-state index in [2.05, 4.69) is 26.6 Å². The van der Waals surface area contributed by atoms with Crippen LogP contribution in [0, 0.1) is 18.3 Å². The topological polar surface area (TPSA) is 74.5 Å². The zero-order valence-corrected chi connectivity index (χ0v) is 9.38. The first-order chi connectivity index (χ1) is 8.31. The quantitative estimate of drug-likeness (QED) is 0.859. The molecule has 0 bridgehead atoms. The molecule has 0 amide bonds. The summed E-state index contributed by atoms with van der Waals surface area (Å²) in [7, 11) is 0. The fraction of sp³-hybridized carbons (Fsp3) is 0.167. The molecule has 2 aromatic rings. The molecule has 84 valence electrons. The van der Waals surface area contributed by atoms with Crippen LogP contribution in [0.4, 0.5) is 5.82 Å². The van der Waals surface area contributed by atoms with Crippen LogP contribution >= 0.6 is 0 Å². The predicted octanol–water partition coefficient (Wildman–Crippen LogP) is 1.66. The van der Waals surface area contributed by atoms with Crippen molar-refractivity contribution in [1.29, 1.82) is 5.26 Å². The number of hydrogen-bond donors (Lipinski definition) is 1. The molecule has 2 rings (SSSR count). The first-order valence-electron chi connectivity index (χ1n) is 5.16. The van der Waals surface area contributed by atoms with Crippen molar-refractivity contribution in [3.05, 3.63) is 47.4 Å². The van der Waals surface area contributed by atoms with Crippen LogP contribution in [-0.2, 0) is 6.54 Å². The Morgan fingerprint density at radius 2 is 2.24 bits per heavy atom. The van der Waals surface area contributed by atoms with Gasteiger partial charge in [0.25, 0.3) is 0 Å². The molecule has 0 unspecified atom stereocenters. The molecule has 5 nitrogen and oxygen atoms in total. The minimum atomic E-state index is 0.492. The Bertz CT molecular complexity index is 559. The molecule has 0 aliphatic carbocycles. The molecule has 0 radical (unpaired) electrons. The maximum Gasteiger partial charge on any atom is 0.166 e. The van der Waals surface area contributed by atoms with E-state index in [9.17, 15) is 0 Å². The molecule has 0 saturated heterocycles. The third-order valence-electron chi connectivity index (χ3n) is 2.42. The molecular formula is C12H11N5. The van der Waals surface area contributed by atoms with E-state index in [1.165, 1.54) is 6.20 Å². The standard InChI is InChI=1S/C12H11N5/c1-9-7-14-4-2-11(9)8-15-12-10(6-13)3-5-16-17-12/h2-5,7H,8H2,1H3,(H,15,17). The van der Waals surface area contributed by atoms with Crippen molar-refractivity contribution in [2.75, 3.05) is 5.32 Å². The van der Waals surface area contributed by atoms with E-state index < -0.39 is 0 Å². The van der Waals surface area contributed by atoms with Gasteiger partial charge >= 0.3 is 0 Å². The van der Waals surface area contributed by atoms with E-state index in [0.717, 1.165) is 11.1 Å². The third kappa shape index (κ3) is 2.55. The highest BCUT2D eigenvalue weighted by Gasteiger charge is 2.03. The van der Waals surface area contributed by atoms with Gasteiger partial charge in [-0.25, -0.2) is 0 Å². The summed E-state index contributed by atoms with van der Waals surface area (Å²) in [4.78, 5) is 4.03. The van der Waals surface area contributed by atoms with E-state index in [1.54, 1.807) is 18.5 Å². The second-order valence-corrected chi connectivity index (χ2v) is 3.56. The minimum absolute atomic E-state index is 0.492. The van der Waals surface area contributed by atoms with E-state index in [1.807, 2.05) is 13.0 Å². The Morgan fingerprint density at radius 3 is 3.00 bits per heavy atom. The van der Waals surface area contributed by atoms with Crippen molar-refractivity contribution in [1.82, 2.24) is 15.2 Å². The van der Waals surface area contributed by atoms with Gasteiger partial charge in [0, 0.05) is 18.9 Å². The Morgan fingerprint density at radius 1 is 1.35 bits per heavy atom.